The van der Waals surface area contributed by atoms with Gasteiger partial charge in [0.2, 0.25) is 0 Å². The Balaban J connectivity index is 2.04. The minimum atomic E-state index is 0.655. The third-order valence-corrected chi connectivity index (χ3v) is 4.47. The van der Waals surface area contributed by atoms with E-state index in [0.717, 1.165) is 30.4 Å². The first-order valence-corrected chi connectivity index (χ1v) is 6.79. The van der Waals surface area contributed by atoms with Crippen LogP contribution in [0, 0.1) is 5.92 Å². The van der Waals surface area contributed by atoms with Crippen LogP contribution in [-0.4, -0.2) is 27.3 Å². The number of ether oxygens (including phenoxy) is 2. The fraction of sp³-hybridized carbons (Fsp3) is 0.600. The van der Waals surface area contributed by atoms with Crippen molar-refractivity contribution >= 4 is 0 Å². The highest BCUT2D eigenvalue weighted by Gasteiger charge is 2.33. The SMILES string of the molecule is COc1ccc2c(c1OC)CC[C@@H]1CCNC[C@@H]21. The Hall–Kier alpha value is -1.22. The Labute approximate surface area is 108 Å². The van der Waals surface area contributed by atoms with Gasteiger partial charge in [-0.3, -0.25) is 0 Å². The van der Waals surface area contributed by atoms with Crippen molar-refractivity contribution in [3.63, 3.8) is 0 Å². The zero-order chi connectivity index (χ0) is 12.5. The van der Waals surface area contributed by atoms with E-state index in [0.29, 0.717) is 5.92 Å². The molecule has 0 aromatic heterocycles. The number of benzene rings is 1. The number of hydrogen-bond acceptors (Lipinski definition) is 3. The highest BCUT2D eigenvalue weighted by atomic mass is 16.5. The molecule has 3 heteroatoms. The third kappa shape index (κ3) is 1.77. The van der Waals surface area contributed by atoms with Crippen LogP contribution in [-0.2, 0) is 6.42 Å². The second-order valence-electron chi connectivity index (χ2n) is 5.27. The molecule has 0 radical (unpaired) electrons. The van der Waals surface area contributed by atoms with Crippen LogP contribution in [0.15, 0.2) is 12.1 Å². The van der Waals surface area contributed by atoms with Crippen LogP contribution in [0.2, 0.25) is 0 Å². The zero-order valence-electron chi connectivity index (χ0n) is 11.2. The van der Waals surface area contributed by atoms with Crippen LogP contribution in [0.3, 0.4) is 0 Å². The predicted molar refractivity (Wildman–Crippen MR) is 71.6 cm³/mol. The van der Waals surface area contributed by atoms with Crippen molar-refractivity contribution < 1.29 is 9.47 Å². The molecule has 1 aromatic rings. The van der Waals surface area contributed by atoms with E-state index in [2.05, 4.69) is 17.4 Å². The van der Waals surface area contributed by atoms with Gasteiger partial charge in [0.15, 0.2) is 11.5 Å². The van der Waals surface area contributed by atoms with Crippen molar-refractivity contribution in [2.24, 2.45) is 5.92 Å². The van der Waals surface area contributed by atoms with Crippen molar-refractivity contribution in [1.82, 2.24) is 5.32 Å². The van der Waals surface area contributed by atoms with Gasteiger partial charge in [-0.15, -0.1) is 0 Å². The Morgan fingerprint density at radius 3 is 2.83 bits per heavy atom. The van der Waals surface area contributed by atoms with Crippen molar-refractivity contribution in [3.8, 4) is 11.5 Å². The molecule has 1 N–H and O–H groups in total. The molecular formula is C15H21NO2. The molecule has 2 aliphatic rings. The Morgan fingerprint density at radius 2 is 2.06 bits per heavy atom. The van der Waals surface area contributed by atoms with Crippen molar-refractivity contribution in [2.75, 3.05) is 27.3 Å². The molecule has 1 aromatic carbocycles. The van der Waals surface area contributed by atoms with Gasteiger partial charge in [-0.1, -0.05) is 6.07 Å². The van der Waals surface area contributed by atoms with Crippen LogP contribution < -0.4 is 14.8 Å². The standard InChI is InChI=1S/C15H21NO2/c1-17-14-6-5-11-12(15(14)18-2)4-3-10-7-8-16-9-13(10)11/h5-6,10,13,16H,3-4,7-9H2,1-2H3/t10-,13-/m1/s1. The minimum absolute atomic E-state index is 0.655. The van der Waals surface area contributed by atoms with Crippen molar-refractivity contribution in [3.05, 3.63) is 23.3 Å². The van der Waals surface area contributed by atoms with Gasteiger partial charge < -0.3 is 14.8 Å². The first kappa shape index (κ1) is 11.8. The first-order valence-electron chi connectivity index (χ1n) is 6.79. The lowest BCUT2D eigenvalue weighted by molar-refractivity contribution is 0.283. The quantitative estimate of drug-likeness (QED) is 0.870. The summed E-state index contributed by atoms with van der Waals surface area (Å²) in [6, 6.07) is 4.29. The van der Waals surface area contributed by atoms with Crippen molar-refractivity contribution in [2.45, 2.75) is 25.2 Å². The summed E-state index contributed by atoms with van der Waals surface area (Å²) in [6.07, 6.45) is 3.71. The van der Waals surface area contributed by atoms with Gasteiger partial charge in [-0.25, -0.2) is 0 Å². The Morgan fingerprint density at radius 1 is 1.17 bits per heavy atom. The molecule has 0 spiro atoms. The lowest BCUT2D eigenvalue weighted by Gasteiger charge is -2.38. The highest BCUT2D eigenvalue weighted by molar-refractivity contribution is 5.53. The molecule has 1 heterocycles. The molecule has 0 amide bonds. The topological polar surface area (TPSA) is 30.5 Å². The fourth-order valence-corrected chi connectivity index (χ4v) is 3.56. The molecule has 18 heavy (non-hydrogen) atoms. The highest BCUT2D eigenvalue weighted by Crippen LogP contribution is 2.45. The second kappa shape index (κ2) is 4.81. The smallest absolute Gasteiger partial charge is 0.164 e. The molecule has 1 aliphatic carbocycles. The molecule has 0 bridgehead atoms. The second-order valence-corrected chi connectivity index (χ2v) is 5.27. The molecule has 98 valence electrons. The molecule has 2 atom stereocenters. The fourth-order valence-electron chi connectivity index (χ4n) is 3.56. The predicted octanol–water partition coefficient (Wildman–Crippen LogP) is 2.34. The van der Waals surface area contributed by atoms with Gasteiger partial charge in [0.05, 0.1) is 14.2 Å². The van der Waals surface area contributed by atoms with E-state index in [-0.39, 0.29) is 0 Å². The summed E-state index contributed by atoms with van der Waals surface area (Å²) in [5, 5.41) is 3.52. The number of rotatable bonds is 2. The zero-order valence-corrected chi connectivity index (χ0v) is 11.2. The Kier molecular flexibility index (Phi) is 3.16. The van der Waals surface area contributed by atoms with E-state index in [9.17, 15) is 0 Å². The number of piperidine rings is 1. The molecule has 1 fully saturated rings. The van der Waals surface area contributed by atoms with Crippen LogP contribution in [0.4, 0.5) is 0 Å². The van der Waals surface area contributed by atoms with E-state index in [4.69, 9.17) is 9.47 Å². The van der Waals surface area contributed by atoms with Gasteiger partial charge in [0.1, 0.15) is 0 Å². The summed E-state index contributed by atoms with van der Waals surface area (Å²) in [6.45, 7) is 2.27. The van der Waals surface area contributed by atoms with Gasteiger partial charge >= 0.3 is 0 Å². The minimum Gasteiger partial charge on any atom is -0.493 e. The number of fused-ring (bicyclic) bond motifs is 3. The summed E-state index contributed by atoms with van der Waals surface area (Å²) in [7, 11) is 3.45. The summed E-state index contributed by atoms with van der Waals surface area (Å²) >= 11 is 0. The van der Waals surface area contributed by atoms with Gasteiger partial charge in [-0.05, 0) is 49.3 Å². The van der Waals surface area contributed by atoms with E-state index < -0.39 is 0 Å². The third-order valence-electron chi connectivity index (χ3n) is 4.47. The molecule has 1 aliphatic heterocycles. The van der Waals surface area contributed by atoms with E-state index in [1.54, 1.807) is 14.2 Å². The summed E-state index contributed by atoms with van der Waals surface area (Å²) in [5.74, 6) is 3.30. The largest absolute Gasteiger partial charge is 0.493 e. The van der Waals surface area contributed by atoms with E-state index in [1.807, 2.05) is 0 Å². The maximum atomic E-state index is 5.57. The lowest BCUT2D eigenvalue weighted by Crippen LogP contribution is -2.37. The molecule has 3 rings (SSSR count). The average Bonchev–Trinajstić information content (AvgIpc) is 2.45. The van der Waals surface area contributed by atoms with Crippen LogP contribution in [0.25, 0.3) is 0 Å². The van der Waals surface area contributed by atoms with Gasteiger partial charge in [0, 0.05) is 12.1 Å². The Bertz CT molecular complexity index is 444. The number of nitrogens with one attached hydrogen (secondary N) is 1. The summed E-state index contributed by atoms with van der Waals surface area (Å²) in [5.41, 5.74) is 2.83. The first-order chi connectivity index (χ1) is 8.85. The number of hydrogen-bond donors (Lipinski definition) is 1. The summed E-state index contributed by atoms with van der Waals surface area (Å²) in [4.78, 5) is 0. The molecule has 0 saturated carbocycles. The normalized spacial score (nSPS) is 26.1. The monoisotopic (exact) mass is 247 g/mol. The van der Waals surface area contributed by atoms with E-state index >= 15 is 0 Å². The van der Waals surface area contributed by atoms with E-state index in [1.165, 1.54) is 30.5 Å². The summed E-state index contributed by atoms with van der Waals surface area (Å²) < 4.78 is 11.0. The average molecular weight is 247 g/mol. The van der Waals surface area contributed by atoms with Gasteiger partial charge in [-0.2, -0.15) is 0 Å². The number of methoxy groups -OCH3 is 2. The molecule has 3 nitrogen and oxygen atoms in total. The van der Waals surface area contributed by atoms with Gasteiger partial charge in [0.25, 0.3) is 0 Å². The van der Waals surface area contributed by atoms with Crippen LogP contribution >= 0.6 is 0 Å². The van der Waals surface area contributed by atoms with Crippen molar-refractivity contribution in [1.29, 1.82) is 0 Å². The van der Waals surface area contributed by atoms with Crippen LogP contribution in [0.1, 0.15) is 29.9 Å². The molecular weight excluding hydrogens is 226 g/mol. The lowest BCUT2D eigenvalue weighted by atomic mass is 9.72. The van der Waals surface area contributed by atoms with Crippen LogP contribution in [0.5, 0.6) is 11.5 Å². The maximum Gasteiger partial charge on any atom is 0.164 e. The molecule has 0 unspecified atom stereocenters. The maximum absolute atomic E-state index is 5.57. The molecule has 1 saturated heterocycles.